The molecule has 4 nitrogen and oxygen atoms in total. The van der Waals surface area contributed by atoms with E-state index in [1.54, 1.807) is 0 Å². The van der Waals surface area contributed by atoms with Gasteiger partial charge in [-0.05, 0) is 69.8 Å². The molecule has 2 aliphatic rings. The van der Waals surface area contributed by atoms with Gasteiger partial charge in [-0.25, -0.2) is 0 Å². The van der Waals surface area contributed by atoms with E-state index in [4.69, 9.17) is 0 Å². The Hall–Kier alpha value is -1.39. The van der Waals surface area contributed by atoms with E-state index < -0.39 is 0 Å². The van der Waals surface area contributed by atoms with Crippen LogP contribution in [0.2, 0.25) is 0 Å². The summed E-state index contributed by atoms with van der Waals surface area (Å²) in [5.41, 5.74) is 2.04. The number of nitrogens with one attached hydrogen (secondary N) is 2. The number of hydrogen-bond donors (Lipinski definition) is 2. The number of likely N-dealkylation sites (tertiary alicyclic amines) is 1. The molecule has 0 radical (unpaired) electrons. The standard InChI is InChI=1S/C18H27N3O/c1-14-5-2-3-6-16(14)20-18(22)13-21-11-8-15(9-12-21)17-7-4-10-19-17/h2-3,5-6,15,17,19H,4,7-13H2,1H3,(H,20,22). The second kappa shape index (κ2) is 7.25. The Balaban J connectivity index is 1.44. The van der Waals surface area contributed by atoms with Gasteiger partial charge in [0.15, 0.2) is 0 Å². The van der Waals surface area contributed by atoms with Crippen molar-refractivity contribution in [2.75, 3.05) is 31.5 Å². The van der Waals surface area contributed by atoms with Crippen LogP contribution < -0.4 is 10.6 Å². The zero-order chi connectivity index (χ0) is 15.4. The van der Waals surface area contributed by atoms with Crippen molar-refractivity contribution in [1.82, 2.24) is 10.2 Å². The number of carbonyl (C=O) groups is 1. The van der Waals surface area contributed by atoms with Gasteiger partial charge < -0.3 is 10.6 Å². The molecule has 0 saturated carbocycles. The maximum atomic E-state index is 12.2. The highest BCUT2D eigenvalue weighted by Crippen LogP contribution is 2.25. The summed E-state index contributed by atoms with van der Waals surface area (Å²) in [6.07, 6.45) is 5.09. The van der Waals surface area contributed by atoms with Gasteiger partial charge in [0.2, 0.25) is 5.91 Å². The van der Waals surface area contributed by atoms with E-state index in [0.717, 1.165) is 36.3 Å². The molecule has 1 aromatic rings. The first-order valence-electron chi connectivity index (χ1n) is 8.53. The summed E-state index contributed by atoms with van der Waals surface area (Å²) < 4.78 is 0. The predicted octanol–water partition coefficient (Wildman–Crippen LogP) is 2.40. The highest BCUT2D eigenvalue weighted by molar-refractivity contribution is 5.92. The smallest absolute Gasteiger partial charge is 0.238 e. The molecule has 120 valence electrons. The van der Waals surface area contributed by atoms with Gasteiger partial charge in [0, 0.05) is 11.7 Å². The Morgan fingerprint density at radius 1 is 1.27 bits per heavy atom. The first-order chi connectivity index (χ1) is 10.7. The molecule has 3 rings (SSSR count). The van der Waals surface area contributed by atoms with Crippen LogP contribution in [0.1, 0.15) is 31.2 Å². The maximum absolute atomic E-state index is 12.2. The molecule has 1 unspecified atom stereocenters. The molecule has 0 aromatic heterocycles. The highest BCUT2D eigenvalue weighted by Gasteiger charge is 2.28. The minimum atomic E-state index is 0.103. The quantitative estimate of drug-likeness (QED) is 0.897. The van der Waals surface area contributed by atoms with E-state index in [9.17, 15) is 4.79 Å². The van der Waals surface area contributed by atoms with Crippen LogP contribution in [-0.4, -0.2) is 43.0 Å². The number of rotatable bonds is 4. The van der Waals surface area contributed by atoms with Crippen LogP contribution in [0, 0.1) is 12.8 Å². The lowest BCUT2D eigenvalue weighted by Gasteiger charge is -2.34. The Kier molecular flexibility index (Phi) is 5.11. The fraction of sp³-hybridized carbons (Fsp3) is 0.611. The molecule has 22 heavy (non-hydrogen) atoms. The van der Waals surface area contributed by atoms with Gasteiger partial charge in [-0.15, -0.1) is 0 Å². The Morgan fingerprint density at radius 2 is 2.05 bits per heavy atom. The van der Waals surface area contributed by atoms with Gasteiger partial charge in [0.25, 0.3) is 0 Å². The largest absolute Gasteiger partial charge is 0.325 e. The number of benzene rings is 1. The fourth-order valence-corrected chi connectivity index (χ4v) is 3.73. The molecule has 1 aromatic carbocycles. The Morgan fingerprint density at radius 3 is 2.73 bits per heavy atom. The van der Waals surface area contributed by atoms with Gasteiger partial charge in [0.1, 0.15) is 0 Å². The van der Waals surface area contributed by atoms with Gasteiger partial charge >= 0.3 is 0 Å². The van der Waals surface area contributed by atoms with E-state index in [2.05, 4.69) is 15.5 Å². The first-order valence-corrected chi connectivity index (χ1v) is 8.53. The first kappa shape index (κ1) is 15.5. The van der Waals surface area contributed by atoms with Crippen molar-refractivity contribution < 1.29 is 4.79 Å². The Bertz CT molecular complexity index is 503. The molecule has 2 fully saturated rings. The lowest BCUT2D eigenvalue weighted by molar-refractivity contribution is -0.117. The lowest BCUT2D eigenvalue weighted by Crippen LogP contribution is -2.43. The number of nitrogens with zero attached hydrogens (tertiary/aromatic N) is 1. The van der Waals surface area contributed by atoms with E-state index >= 15 is 0 Å². The minimum absolute atomic E-state index is 0.103. The van der Waals surface area contributed by atoms with E-state index in [0.29, 0.717) is 6.54 Å². The van der Waals surface area contributed by atoms with E-state index in [-0.39, 0.29) is 5.91 Å². The minimum Gasteiger partial charge on any atom is -0.325 e. The average Bonchev–Trinajstić information content (AvgIpc) is 3.05. The van der Waals surface area contributed by atoms with Crippen molar-refractivity contribution in [1.29, 1.82) is 0 Å². The number of para-hydroxylation sites is 1. The third kappa shape index (κ3) is 3.87. The molecule has 0 bridgehead atoms. The second-order valence-corrected chi connectivity index (χ2v) is 6.68. The van der Waals surface area contributed by atoms with Crippen LogP contribution in [0.3, 0.4) is 0 Å². The molecule has 0 spiro atoms. The molecule has 0 aliphatic carbocycles. The zero-order valence-corrected chi connectivity index (χ0v) is 13.5. The Labute approximate surface area is 133 Å². The number of amides is 1. The van der Waals surface area contributed by atoms with Crippen molar-refractivity contribution in [3.05, 3.63) is 29.8 Å². The molecule has 4 heteroatoms. The van der Waals surface area contributed by atoms with E-state index in [1.807, 2.05) is 31.2 Å². The van der Waals surface area contributed by atoms with Gasteiger partial charge in [-0.3, -0.25) is 9.69 Å². The monoisotopic (exact) mass is 301 g/mol. The fourth-order valence-electron chi connectivity index (χ4n) is 3.73. The van der Waals surface area contributed by atoms with E-state index in [1.165, 1.54) is 32.2 Å². The third-order valence-electron chi connectivity index (χ3n) is 5.09. The number of aryl methyl sites for hydroxylation is 1. The predicted molar refractivity (Wildman–Crippen MR) is 90.0 cm³/mol. The lowest BCUT2D eigenvalue weighted by atomic mass is 9.88. The number of anilines is 1. The molecule has 1 amide bonds. The summed E-state index contributed by atoms with van der Waals surface area (Å²) >= 11 is 0. The highest BCUT2D eigenvalue weighted by atomic mass is 16.2. The summed E-state index contributed by atoms with van der Waals surface area (Å²) in [5, 5.41) is 6.65. The molecule has 2 saturated heterocycles. The molecule has 1 atom stereocenters. The number of carbonyl (C=O) groups excluding carboxylic acids is 1. The van der Waals surface area contributed by atoms with Gasteiger partial charge in [-0.2, -0.15) is 0 Å². The topological polar surface area (TPSA) is 44.4 Å². The van der Waals surface area contributed by atoms with Crippen molar-refractivity contribution in [2.24, 2.45) is 5.92 Å². The van der Waals surface area contributed by atoms with Crippen LogP contribution in [0.5, 0.6) is 0 Å². The molecular formula is C18H27N3O. The summed E-state index contributed by atoms with van der Waals surface area (Å²) in [5.74, 6) is 0.907. The van der Waals surface area contributed by atoms with Crippen molar-refractivity contribution in [3.63, 3.8) is 0 Å². The number of hydrogen-bond acceptors (Lipinski definition) is 3. The van der Waals surface area contributed by atoms with Crippen molar-refractivity contribution in [2.45, 2.75) is 38.6 Å². The summed E-state index contributed by atoms with van der Waals surface area (Å²) in [7, 11) is 0. The van der Waals surface area contributed by atoms with Gasteiger partial charge in [-0.1, -0.05) is 18.2 Å². The maximum Gasteiger partial charge on any atom is 0.238 e. The molecule has 2 N–H and O–H groups in total. The van der Waals surface area contributed by atoms with Crippen LogP contribution in [0.4, 0.5) is 5.69 Å². The summed E-state index contributed by atoms with van der Waals surface area (Å²) in [6.45, 7) is 5.81. The van der Waals surface area contributed by atoms with Crippen molar-refractivity contribution >= 4 is 11.6 Å². The van der Waals surface area contributed by atoms with Crippen LogP contribution in [-0.2, 0) is 4.79 Å². The van der Waals surface area contributed by atoms with Crippen LogP contribution in [0.25, 0.3) is 0 Å². The molecule has 2 heterocycles. The summed E-state index contributed by atoms with van der Waals surface area (Å²) in [6, 6.07) is 8.67. The second-order valence-electron chi connectivity index (χ2n) is 6.68. The summed E-state index contributed by atoms with van der Waals surface area (Å²) in [4.78, 5) is 14.5. The number of piperidine rings is 1. The normalized spacial score (nSPS) is 23.6. The van der Waals surface area contributed by atoms with Crippen LogP contribution >= 0.6 is 0 Å². The zero-order valence-electron chi connectivity index (χ0n) is 13.5. The SMILES string of the molecule is Cc1ccccc1NC(=O)CN1CCC(C2CCCN2)CC1. The third-order valence-corrected chi connectivity index (χ3v) is 5.09. The average molecular weight is 301 g/mol. The van der Waals surface area contributed by atoms with Crippen LogP contribution in [0.15, 0.2) is 24.3 Å². The van der Waals surface area contributed by atoms with Gasteiger partial charge in [0.05, 0.1) is 6.54 Å². The van der Waals surface area contributed by atoms with Crippen molar-refractivity contribution in [3.8, 4) is 0 Å². The molecular weight excluding hydrogens is 274 g/mol. The molecule has 2 aliphatic heterocycles.